The summed E-state index contributed by atoms with van der Waals surface area (Å²) in [5.41, 5.74) is 0. The van der Waals surface area contributed by atoms with Crippen LogP contribution in [0.5, 0.6) is 0 Å². The smallest absolute Gasteiger partial charge is 0.246 e. The van der Waals surface area contributed by atoms with Gasteiger partial charge in [0.2, 0.25) is 11.8 Å². The summed E-state index contributed by atoms with van der Waals surface area (Å²) in [6.45, 7) is 2.91. The molecule has 3 fully saturated rings. The molecule has 5 heteroatoms. The number of carbonyl (C=O) groups excluding carboxylic acids is 2. The second-order valence-electron chi connectivity index (χ2n) is 6.19. The molecule has 0 radical (unpaired) electrons. The molecular weight excluding hydrogens is 272 g/mol. The minimum atomic E-state index is -0.226. The van der Waals surface area contributed by atoms with Crippen LogP contribution in [0.3, 0.4) is 0 Å². The first-order valence-corrected chi connectivity index (χ1v) is 9.06. The predicted octanol–water partition coefficient (Wildman–Crippen LogP) is 1.65. The maximum Gasteiger partial charge on any atom is 0.246 e. The molecule has 1 saturated heterocycles. The summed E-state index contributed by atoms with van der Waals surface area (Å²) in [7, 11) is 0. The van der Waals surface area contributed by atoms with E-state index in [0.717, 1.165) is 50.2 Å². The highest BCUT2D eigenvalue weighted by molar-refractivity contribution is 7.99. The molecule has 0 spiro atoms. The van der Waals surface area contributed by atoms with E-state index in [0.29, 0.717) is 11.8 Å². The minimum Gasteiger partial charge on any atom is -0.342 e. The molecule has 2 atom stereocenters. The van der Waals surface area contributed by atoms with Crippen LogP contribution in [0.25, 0.3) is 0 Å². The van der Waals surface area contributed by atoms with Gasteiger partial charge >= 0.3 is 0 Å². The number of amides is 2. The maximum absolute atomic E-state index is 12.7. The zero-order chi connectivity index (χ0) is 14.1. The molecule has 0 aromatic rings. The van der Waals surface area contributed by atoms with Crippen molar-refractivity contribution in [3.05, 3.63) is 0 Å². The highest BCUT2D eigenvalue weighted by Crippen LogP contribution is 2.40. The van der Waals surface area contributed by atoms with Gasteiger partial charge in [-0.05, 0) is 55.4 Å². The molecule has 1 aliphatic heterocycles. The Morgan fingerprint density at radius 2 is 1.90 bits per heavy atom. The van der Waals surface area contributed by atoms with Crippen LogP contribution in [0.4, 0.5) is 0 Å². The number of carbonyl (C=O) groups is 2. The van der Waals surface area contributed by atoms with Crippen LogP contribution in [0.15, 0.2) is 0 Å². The van der Waals surface area contributed by atoms with Crippen molar-refractivity contribution in [2.45, 2.75) is 51.1 Å². The van der Waals surface area contributed by atoms with E-state index in [1.807, 2.05) is 16.7 Å². The molecule has 4 nitrogen and oxygen atoms in total. The monoisotopic (exact) mass is 296 g/mol. The molecule has 3 aliphatic rings. The van der Waals surface area contributed by atoms with Gasteiger partial charge in [0.05, 0.1) is 0 Å². The Kier molecular flexibility index (Phi) is 4.24. The Hall–Kier alpha value is -0.710. The van der Waals surface area contributed by atoms with Crippen LogP contribution >= 0.6 is 11.8 Å². The normalized spacial score (nSPS) is 30.6. The van der Waals surface area contributed by atoms with Crippen molar-refractivity contribution in [1.82, 2.24) is 10.2 Å². The second kappa shape index (κ2) is 5.96. The van der Waals surface area contributed by atoms with Crippen LogP contribution in [0.2, 0.25) is 0 Å². The molecule has 0 bridgehead atoms. The standard InChI is InChI=1S/C15H24N2O2S/c1-2-20-9-3-8-17-13(11-6-7-11)14(18)16-12(15(17)19)10-4-5-10/h10-13H,2-9H2,1H3,(H,16,18). The van der Waals surface area contributed by atoms with E-state index < -0.39 is 0 Å². The van der Waals surface area contributed by atoms with Crippen LogP contribution in [-0.2, 0) is 9.59 Å². The third-order valence-corrected chi connectivity index (χ3v) is 5.49. The Bertz CT molecular complexity index is 393. The molecule has 0 aromatic carbocycles. The number of rotatable bonds is 7. The van der Waals surface area contributed by atoms with Crippen LogP contribution < -0.4 is 5.32 Å². The Morgan fingerprint density at radius 3 is 2.50 bits per heavy atom. The highest BCUT2D eigenvalue weighted by Gasteiger charge is 2.50. The van der Waals surface area contributed by atoms with Gasteiger partial charge in [-0.1, -0.05) is 6.92 Å². The molecule has 2 unspecified atom stereocenters. The van der Waals surface area contributed by atoms with Crippen molar-refractivity contribution in [3.63, 3.8) is 0 Å². The molecule has 112 valence electrons. The van der Waals surface area contributed by atoms with Crippen molar-refractivity contribution in [3.8, 4) is 0 Å². The number of hydrogen-bond donors (Lipinski definition) is 1. The van der Waals surface area contributed by atoms with Crippen LogP contribution in [0.1, 0.15) is 39.0 Å². The van der Waals surface area contributed by atoms with E-state index in [9.17, 15) is 9.59 Å². The van der Waals surface area contributed by atoms with Gasteiger partial charge in [-0.2, -0.15) is 11.8 Å². The molecule has 2 amide bonds. The number of thioether (sulfide) groups is 1. The van der Waals surface area contributed by atoms with Crippen molar-refractivity contribution in [2.75, 3.05) is 18.1 Å². The van der Waals surface area contributed by atoms with Crippen molar-refractivity contribution in [1.29, 1.82) is 0 Å². The molecule has 3 rings (SSSR count). The van der Waals surface area contributed by atoms with Gasteiger partial charge in [-0.3, -0.25) is 9.59 Å². The molecule has 2 saturated carbocycles. The van der Waals surface area contributed by atoms with Crippen molar-refractivity contribution < 1.29 is 9.59 Å². The number of nitrogens with one attached hydrogen (secondary N) is 1. The fraction of sp³-hybridized carbons (Fsp3) is 0.867. The topological polar surface area (TPSA) is 49.4 Å². The van der Waals surface area contributed by atoms with Gasteiger partial charge in [0.15, 0.2) is 0 Å². The Morgan fingerprint density at radius 1 is 1.20 bits per heavy atom. The molecule has 2 aliphatic carbocycles. The van der Waals surface area contributed by atoms with Gasteiger partial charge in [0.1, 0.15) is 12.1 Å². The molecule has 1 heterocycles. The van der Waals surface area contributed by atoms with Gasteiger partial charge in [-0.25, -0.2) is 0 Å². The first-order chi connectivity index (χ1) is 9.72. The number of piperazine rings is 1. The highest BCUT2D eigenvalue weighted by atomic mass is 32.2. The van der Waals surface area contributed by atoms with Crippen molar-refractivity contribution >= 4 is 23.6 Å². The Labute approximate surface area is 125 Å². The lowest BCUT2D eigenvalue weighted by Crippen LogP contribution is -2.64. The van der Waals surface area contributed by atoms with E-state index in [-0.39, 0.29) is 23.9 Å². The van der Waals surface area contributed by atoms with Crippen molar-refractivity contribution in [2.24, 2.45) is 11.8 Å². The molecule has 20 heavy (non-hydrogen) atoms. The SMILES string of the molecule is CCSCCCN1C(=O)C(C2CC2)NC(=O)C1C1CC1. The first-order valence-electron chi connectivity index (χ1n) is 7.91. The van der Waals surface area contributed by atoms with Gasteiger partial charge in [0, 0.05) is 6.54 Å². The summed E-state index contributed by atoms with van der Waals surface area (Å²) in [5, 5.41) is 3.00. The summed E-state index contributed by atoms with van der Waals surface area (Å²) in [5.74, 6) is 3.30. The lowest BCUT2D eigenvalue weighted by atomic mass is 10.0. The minimum absolute atomic E-state index is 0.104. The van der Waals surface area contributed by atoms with Gasteiger partial charge in [-0.15, -0.1) is 0 Å². The quantitative estimate of drug-likeness (QED) is 0.727. The molecule has 1 N–H and O–H groups in total. The lowest BCUT2D eigenvalue weighted by molar-refractivity contribution is -0.150. The Balaban J connectivity index is 1.65. The average Bonchev–Trinajstić information content (AvgIpc) is 3.28. The zero-order valence-corrected chi connectivity index (χ0v) is 13.0. The fourth-order valence-electron chi connectivity index (χ4n) is 3.12. The maximum atomic E-state index is 12.7. The molecule has 0 aromatic heterocycles. The van der Waals surface area contributed by atoms with E-state index in [1.54, 1.807) is 0 Å². The van der Waals surface area contributed by atoms with Crippen LogP contribution in [0, 0.1) is 11.8 Å². The summed E-state index contributed by atoms with van der Waals surface area (Å²) in [4.78, 5) is 26.9. The van der Waals surface area contributed by atoms with E-state index >= 15 is 0 Å². The third-order valence-electron chi connectivity index (χ3n) is 4.51. The van der Waals surface area contributed by atoms with E-state index in [2.05, 4.69) is 12.2 Å². The van der Waals surface area contributed by atoms with E-state index in [4.69, 9.17) is 0 Å². The number of hydrogen-bond acceptors (Lipinski definition) is 3. The van der Waals surface area contributed by atoms with E-state index in [1.165, 1.54) is 0 Å². The zero-order valence-electron chi connectivity index (χ0n) is 12.1. The van der Waals surface area contributed by atoms with Gasteiger partial charge in [0.25, 0.3) is 0 Å². The number of nitrogens with zero attached hydrogens (tertiary/aromatic N) is 1. The molecular formula is C15H24N2O2S. The summed E-state index contributed by atoms with van der Waals surface area (Å²) in [6.07, 6.45) is 5.37. The first kappa shape index (κ1) is 14.2. The van der Waals surface area contributed by atoms with Gasteiger partial charge < -0.3 is 10.2 Å². The second-order valence-corrected chi connectivity index (χ2v) is 7.58. The summed E-state index contributed by atoms with van der Waals surface area (Å²) < 4.78 is 0. The summed E-state index contributed by atoms with van der Waals surface area (Å²) >= 11 is 1.90. The fourth-order valence-corrected chi connectivity index (χ4v) is 3.74. The lowest BCUT2D eigenvalue weighted by Gasteiger charge is -2.39. The summed E-state index contributed by atoms with van der Waals surface area (Å²) in [6, 6.07) is -0.402. The third kappa shape index (κ3) is 2.97. The average molecular weight is 296 g/mol. The largest absolute Gasteiger partial charge is 0.342 e. The van der Waals surface area contributed by atoms with Crippen LogP contribution in [-0.4, -0.2) is 46.8 Å². The predicted molar refractivity (Wildman–Crippen MR) is 80.5 cm³/mol.